The second kappa shape index (κ2) is 3.68. The van der Waals surface area contributed by atoms with E-state index in [1.54, 1.807) is 0 Å². The molecule has 0 aliphatic carbocycles. The summed E-state index contributed by atoms with van der Waals surface area (Å²) in [5.74, 6) is -1.32. The van der Waals surface area contributed by atoms with Gasteiger partial charge in [0.25, 0.3) is 0 Å². The molecule has 1 unspecified atom stereocenters. The van der Waals surface area contributed by atoms with Crippen molar-refractivity contribution in [2.24, 2.45) is 5.73 Å². The van der Waals surface area contributed by atoms with Gasteiger partial charge >= 0.3 is 5.97 Å². The highest BCUT2D eigenvalue weighted by atomic mass is 32.2. The summed E-state index contributed by atoms with van der Waals surface area (Å²) < 4.78 is 21.7. The second-order valence-electron chi connectivity index (χ2n) is 2.09. The van der Waals surface area contributed by atoms with Gasteiger partial charge in [-0.15, -0.1) is 0 Å². The average molecular weight is 181 g/mol. The molecule has 5 nitrogen and oxygen atoms in total. The molecule has 0 saturated carbocycles. The summed E-state index contributed by atoms with van der Waals surface area (Å²) in [7, 11) is -3.40. The van der Waals surface area contributed by atoms with E-state index in [2.05, 4.69) is 0 Å². The van der Waals surface area contributed by atoms with Crippen LogP contribution in [-0.2, 0) is 14.6 Å². The van der Waals surface area contributed by atoms with Gasteiger partial charge in [0.1, 0.15) is 5.37 Å². The molecule has 0 saturated heterocycles. The Morgan fingerprint density at radius 1 is 1.64 bits per heavy atom. The molecule has 0 aromatic carbocycles. The topological polar surface area (TPSA) is 97.5 Å². The van der Waals surface area contributed by atoms with Crippen molar-refractivity contribution in [1.82, 2.24) is 0 Å². The molecule has 0 aliphatic heterocycles. The van der Waals surface area contributed by atoms with Gasteiger partial charge in [0.05, 0.1) is 6.42 Å². The SMILES string of the molecule is CCS(=O)(=O)C(N)CC(=O)O. The van der Waals surface area contributed by atoms with Crippen molar-refractivity contribution < 1.29 is 18.3 Å². The van der Waals surface area contributed by atoms with Gasteiger partial charge in [-0.05, 0) is 0 Å². The summed E-state index contributed by atoms with van der Waals surface area (Å²) >= 11 is 0. The third kappa shape index (κ3) is 3.33. The Morgan fingerprint density at radius 2 is 2.09 bits per heavy atom. The molecule has 66 valence electrons. The van der Waals surface area contributed by atoms with Crippen LogP contribution in [0.4, 0.5) is 0 Å². The predicted molar refractivity (Wildman–Crippen MR) is 39.7 cm³/mol. The Balaban J connectivity index is 4.26. The van der Waals surface area contributed by atoms with E-state index in [0.717, 1.165) is 0 Å². The summed E-state index contributed by atoms with van der Waals surface area (Å²) in [4.78, 5) is 10.0. The highest BCUT2D eigenvalue weighted by Gasteiger charge is 2.21. The fraction of sp³-hybridized carbons (Fsp3) is 0.800. The van der Waals surface area contributed by atoms with Crippen LogP contribution in [0.3, 0.4) is 0 Å². The monoisotopic (exact) mass is 181 g/mol. The second-order valence-corrected chi connectivity index (χ2v) is 4.60. The molecule has 0 aromatic rings. The van der Waals surface area contributed by atoms with E-state index in [9.17, 15) is 13.2 Å². The van der Waals surface area contributed by atoms with Gasteiger partial charge in [0.15, 0.2) is 9.84 Å². The maximum absolute atomic E-state index is 10.8. The number of carboxylic acids is 1. The maximum Gasteiger partial charge on any atom is 0.305 e. The number of rotatable bonds is 4. The van der Waals surface area contributed by atoms with E-state index >= 15 is 0 Å². The fourth-order valence-corrected chi connectivity index (χ4v) is 1.34. The third-order valence-corrected chi connectivity index (χ3v) is 3.13. The van der Waals surface area contributed by atoms with Gasteiger partial charge in [0, 0.05) is 5.75 Å². The fourth-order valence-electron chi connectivity index (χ4n) is 0.513. The molecule has 0 heterocycles. The van der Waals surface area contributed by atoms with Crippen LogP contribution in [0, 0.1) is 0 Å². The molecule has 3 N–H and O–H groups in total. The average Bonchev–Trinajstić information content (AvgIpc) is 1.86. The first-order valence-electron chi connectivity index (χ1n) is 3.09. The van der Waals surface area contributed by atoms with Crippen molar-refractivity contribution in [2.45, 2.75) is 18.7 Å². The first kappa shape index (κ1) is 10.4. The summed E-state index contributed by atoms with van der Waals surface area (Å²) in [6.45, 7) is 1.43. The summed E-state index contributed by atoms with van der Waals surface area (Å²) in [6, 6.07) is 0. The van der Waals surface area contributed by atoms with Gasteiger partial charge in [0.2, 0.25) is 0 Å². The molecule has 0 fully saturated rings. The van der Waals surface area contributed by atoms with Crippen LogP contribution in [0.2, 0.25) is 0 Å². The molecule has 1 atom stereocenters. The van der Waals surface area contributed by atoms with E-state index in [0.29, 0.717) is 0 Å². The zero-order valence-electron chi connectivity index (χ0n) is 6.15. The normalized spacial score (nSPS) is 14.4. The molecule has 0 radical (unpaired) electrons. The zero-order chi connectivity index (χ0) is 9.07. The van der Waals surface area contributed by atoms with E-state index in [1.807, 2.05) is 0 Å². The minimum absolute atomic E-state index is 0.124. The van der Waals surface area contributed by atoms with E-state index in [4.69, 9.17) is 10.8 Å². The predicted octanol–water partition coefficient (Wildman–Crippen LogP) is -0.819. The largest absolute Gasteiger partial charge is 0.481 e. The van der Waals surface area contributed by atoms with E-state index in [1.165, 1.54) is 6.92 Å². The quantitative estimate of drug-likeness (QED) is 0.590. The third-order valence-electron chi connectivity index (χ3n) is 1.24. The number of aliphatic carboxylic acids is 1. The lowest BCUT2D eigenvalue weighted by Gasteiger charge is -2.07. The van der Waals surface area contributed by atoms with Crippen molar-refractivity contribution >= 4 is 15.8 Å². The Bertz CT molecular complexity index is 233. The van der Waals surface area contributed by atoms with Gasteiger partial charge in [-0.3, -0.25) is 4.79 Å². The Morgan fingerprint density at radius 3 is 2.36 bits per heavy atom. The molecule has 11 heavy (non-hydrogen) atoms. The summed E-state index contributed by atoms with van der Waals surface area (Å²) in [5, 5.41) is 6.93. The van der Waals surface area contributed by atoms with Crippen LogP contribution in [0.15, 0.2) is 0 Å². The van der Waals surface area contributed by atoms with Gasteiger partial charge in [-0.25, -0.2) is 8.42 Å². The molecule has 0 aromatic heterocycles. The van der Waals surface area contributed by atoms with Crippen molar-refractivity contribution in [2.75, 3.05) is 5.75 Å². The van der Waals surface area contributed by atoms with Crippen molar-refractivity contribution in [3.05, 3.63) is 0 Å². The van der Waals surface area contributed by atoms with E-state index in [-0.39, 0.29) is 5.75 Å². The highest BCUT2D eigenvalue weighted by Crippen LogP contribution is 2.00. The molecule has 6 heteroatoms. The standard InChI is InChI=1S/C5H11NO4S/c1-2-11(9,10)4(6)3-5(7)8/h4H,2-3,6H2,1H3,(H,7,8). The van der Waals surface area contributed by atoms with Crippen LogP contribution in [0.25, 0.3) is 0 Å². The Kier molecular flexibility index (Phi) is 3.47. The minimum Gasteiger partial charge on any atom is -0.481 e. The zero-order valence-corrected chi connectivity index (χ0v) is 6.97. The molecule has 0 amide bonds. The van der Waals surface area contributed by atoms with Gasteiger partial charge in [-0.1, -0.05) is 6.92 Å². The van der Waals surface area contributed by atoms with Crippen molar-refractivity contribution in [3.63, 3.8) is 0 Å². The number of hydrogen-bond donors (Lipinski definition) is 2. The number of hydrogen-bond acceptors (Lipinski definition) is 4. The minimum atomic E-state index is -3.40. The van der Waals surface area contributed by atoms with Crippen LogP contribution in [0.1, 0.15) is 13.3 Å². The summed E-state index contributed by atoms with van der Waals surface area (Å²) in [5.41, 5.74) is 5.09. The van der Waals surface area contributed by atoms with Crippen molar-refractivity contribution in [1.29, 1.82) is 0 Å². The van der Waals surface area contributed by atoms with E-state index < -0.39 is 27.6 Å². The first-order valence-corrected chi connectivity index (χ1v) is 4.80. The number of carboxylic acid groups (broad SMARTS) is 1. The number of nitrogens with two attached hydrogens (primary N) is 1. The molecule has 0 rings (SSSR count). The smallest absolute Gasteiger partial charge is 0.305 e. The number of carbonyl (C=O) groups is 1. The lowest BCUT2D eigenvalue weighted by molar-refractivity contribution is -0.137. The highest BCUT2D eigenvalue weighted by molar-refractivity contribution is 7.91. The summed E-state index contributed by atoms with van der Waals surface area (Å²) in [6.07, 6.45) is -0.532. The van der Waals surface area contributed by atoms with Crippen LogP contribution >= 0.6 is 0 Å². The first-order chi connectivity index (χ1) is 4.90. The van der Waals surface area contributed by atoms with Gasteiger partial charge < -0.3 is 10.8 Å². The maximum atomic E-state index is 10.8. The Hall–Kier alpha value is -0.620. The molecule has 0 aliphatic rings. The number of sulfone groups is 1. The molecule has 0 bridgehead atoms. The van der Waals surface area contributed by atoms with Crippen LogP contribution in [-0.4, -0.2) is 30.6 Å². The van der Waals surface area contributed by atoms with Crippen LogP contribution < -0.4 is 5.73 Å². The van der Waals surface area contributed by atoms with Crippen molar-refractivity contribution in [3.8, 4) is 0 Å². The molecule has 0 spiro atoms. The lowest BCUT2D eigenvalue weighted by atomic mass is 10.4. The lowest BCUT2D eigenvalue weighted by Crippen LogP contribution is -2.34. The molecular formula is C5H11NO4S. The van der Waals surface area contributed by atoms with Crippen LogP contribution in [0.5, 0.6) is 0 Å². The molecular weight excluding hydrogens is 170 g/mol. The Labute approximate surface area is 65.1 Å². The van der Waals surface area contributed by atoms with Gasteiger partial charge in [-0.2, -0.15) is 0 Å².